The van der Waals surface area contributed by atoms with Crippen molar-refractivity contribution in [3.63, 3.8) is 0 Å². The minimum absolute atomic E-state index is 0.0804. The van der Waals surface area contributed by atoms with Crippen LogP contribution >= 0.6 is 0 Å². The first-order valence-corrected chi connectivity index (χ1v) is 10.9. The van der Waals surface area contributed by atoms with E-state index in [0.717, 1.165) is 66.1 Å². The van der Waals surface area contributed by atoms with Crippen LogP contribution in [0.4, 0.5) is 0 Å². The van der Waals surface area contributed by atoms with Crippen molar-refractivity contribution in [1.82, 2.24) is 0 Å². The molecule has 7 rings (SSSR count). The van der Waals surface area contributed by atoms with E-state index < -0.39 is 0 Å². The summed E-state index contributed by atoms with van der Waals surface area (Å²) >= 11 is 0. The van der Waals surface area contributed by atoms with Gasteiger partial charge in [-0.3, -0.25) is 0 Å². The molecule has 6 aliphatic carbocycles. The molecule has 0 aromatic heterocycles. The van der Waals surface area contributed by atoms with Crippen LogP contribution < -0.4 is 0 Å². The molecule has 5 saturated carbocycles. The minimum atomic E-state index is 0.0804. The van der Waals surface area contributed by atoms with Crippen LogP contribution in [-0.4, -0.2) is 23.1 Å². The first kappa shape index (κ1) is 14.9. The van der Waals surface area contributed by atoms with Gasteiger partial charge in [-0.05, 0) is 91.9 Å². The number of rotatable bonds is 0. The van der Waals surface area contributed by atoms with E-state index in [2.05, 4.69) is 30.3 Å². The zero-order chi connectivity index (χ0) is 17.3. The van der Waals surface area contributed by atoms with Gasteiger partial charge in [-0.2, -0.15) is 0 Å². The average Bonchev–Trinajstić information content (AvgIpc) is 3.57. The molecular weight excluding hydrogens is 322 g/mol. The fourth-order valence-corrected chi connectivity index (χ4v) is 9.14. The van der Waals surface area contributed by atoms with Gasteiger partial charge in [0.15, 0.2) is 0 Å². The van der Waals surface area contributed by atoms with Crippen molar-refractivity contribution in [2.24, 2.45) is 57.9 Å². The molecule has 5 fully saturated rings. The summed E-state index contributed by atoms with van der Waals surface area (Å²) < 4.78 is 6.53. The van der Waals surface area contributed by atoms with E-state index in [1.54, 1.807) is 5.57 Å². The van der Waals surface area contributed by atoms with Crippen LogP contribution in [0.3, 0.4) is 0 Å². The van der Waals surface area contributed by atoms with Crippen molar-refractivity contribution in [3.8, 4) is 0 Å². The lowest BCUT2D eigenvalue weighted by molar-refractivity contribution is -0.133. The van der Waals surface area contributed by atoms with Crippen LogP contribution in [0.5, 0.6) is 0 Å². The Labute approximate surface area is 155 Å². The van der Waals surface area contributed by atoms with Gasteiger partial charge in [0.05, 0.1) is 17.9 Å². The van der Waals surface area contributed by atoms with E-state index in [4.69, 9.17) is 4.74 Å². The van der Waals surface area contributed by atoms with Gasteiger partial charge in [-0.1, -0.05) is 29.8 Å². The van der Waals surface area contributed by atoms with Crippen LogP contribution in [0.2, 0.25) is 0 Å². The van der Waals surface area contributed by atoms with Crippen LogP contribution in [-0.2, 0) is 4.74 Å². The molecule has 0 aromatic carbocycles. The predicted molar refractivity (Wildman–Crippen MR) is 98.9 cm³/mol. The molecule has 3 heteroatoms. The Kier molecular flexibility index (Phi) is 2.57. The molecule has 1 spiro atoms. The fourth-order valence-electron chi connectivity index (χ4n) is 9.14. The quantitative estimate of drug-likeness (QED) is 0.399. The number of hydrogen-bond donors (Lipinski definition) is 1. The van der Waals surface area contributed by atoms with Crippen molar-refractivity contribution < 1.29 is 9.94 Å². The SMILES string of the molecule is C[C@]12CC[C@H]3[C@@H]([C@@H]4C[C@@H]4C4=C/C(=N/O)CC[C@@H]43)[C@@H]1[C@@H]1C[C@@H]1[C@@]21C=CCO1. The Bertz CT molecular complexity index is 783. The van der Waals surface area contributed by atoms with Gasteiger partial charge < -0.3 is 9.94 Å². The predicted octanol–water partition coefficient (Wildman–Crippen LogP) is 4.43. The van der Waals surface area contributed by atoms with E-state index in [9.17, 15) is 5.21 Å². The van der Waals surface area contributed by atoms with Gasteiger partial charge >= 0.3 is 0 Å². The molecule has 0 radical (unpaired) electrons. The Balaban J connectivity index is 1.31. The Hall–Kier alpha value is -1.09. The molecule has 0 unspecified atom stereocenters. The van der Waals surface area contributed by atoms with E-state index >= 15 is 0 Å². The summed E-state index contributed by atoms with van der Waals surface area (Å²) in [7, 11) is 0. The number of fused-ring (bicyclic) bond motifs is 12. The molecule has 1 N–H and O–H groups in total. The summed E-state index contributed by atoms with van der Waals surface area (Å²) in [6.07, 6.45) is 14.8. The topological polar surface area (TPSA) is 41.8 Å². The third-order valence-corrected chi connectivity index (χ3v) is 10.1. The van der Waals surface area contributed by atoms with Crippen molar-refractivity contribution >= 4 is 5.71 Å². The zero-order valence-electron chi connectivity index (χ0n) is 15.6. The second kappa shape index (κ2) is 4.48. The van der Waals surface area contributed by atoms with Gasteiger partial charge in [0.2, 0.25) is 0 Å². The summed E-state index contributed by atoms with van der Waals surface area (Å²) in [5.41, 5.74) is 3.04. The molecule has 1 aliphatic heterocycles. The number of ether oxygens (including phenoxy) is 1. The molecule has 0 bridgehead atoms. The van der Waals surface area contributed by atoms with Crippen LogP contribution in [0.15, 0.2) is 29.0 Å². The molecule has 10 atom stereocenters. The molecule has 1 heterocycles. The minimum Gasteiger partial charge on any atom is -0.411 e. The molecule has 7 aliphatic rings. The van der Waals surface area contributed by atoms with Gasteiger partial charge in [-0.25, -0.2) is 0 Å². The first-order chi connectivity index (χ1) is 12.7. The summed E-state index contributed by atoms with van der Waals surface area (Å²) in [5, 5.41) is 12.8. The summed E-state index contributed by atoms with van der Waals surface area (Å²) in [5.74, 6) is 6.92. The second-order valence-electron chi connectivity index (χ2n) is 10.6. The maximum Gasteiger partial charge on any atom is 0.0954 e. The Morgan fingerprint density at radius 2 is 2.08 bits per heavy atom. The van der Waals surface area contributed by atoms with Gasteiger partial charge in [0, 0.05) is 5.41 Å². The van der Waals surface area contributed by atoms with Crippen molar-refractivity contribution in [2.75, 3.05) is 6.61 Å². The van der Waals surface area contributed by atoms with Crippen LogP contribution in [0, 0.1) is 52.8 Å². The van der Waals surface area contributed by atoms with Crippen molar-refractivity contribution in [2.45, 2.75) is 51.0 Å². The third-order valence-electron chi connectivity index (χ3n) is 10.1. The molecule has 138 valence electrons. The highest BCUT2D eigenvalue weighted by molar-refractivity contribution is 5.96. The van der Waals surface area contributed by atoms with E-state index in [1.165, 1.54) is 32.1 Å². The number of oxime groups is 1. The largest absolute Gasteiger partial charge is 0.411 e. The number of allylic oxidation sites excluding steroid dienone is 2. The molecule has 3 nitrogen and oxygen atoms in total. The highest BCUT2D eigenvalue weighted by atomic mass is 16.5. The lowest BCUT2D eigenvalue weighted by Gasteiger charge is -2.57. The lowest BCUT2D eigenvalue weighted by Crippen LogP contribution is -2.55. The monoisotopic (exact) mass is 351 g/mol. The number of hydrogen-bond acceptors (Lipinski definition) is 3. The highest BCUT2D eigenvalue weighted by Gasteiger charge is 2.78. The van der Waals surface area contributed by atoms with Gasteiger partial charge in [-0.15, -0.1) is 0 Å². The van der Waals surface area contributed by atoms with E-state index in [1.807, 2.05) is 0 Å². The van der Waals surface area contributed by atoms with Crippen molar-refractivity contribution in [1.29, 1.82) is 0 Å². The van der Waals surface area contributed by atoms with Crippen molar-refractivity contribution in [3.05, 3.63) is 23.8 Å². The van der Waals surface area contributed by atoms with Crippen LogP contribution in [0.1, 0.15) is 45.4 Å². The first-order valence-electron chi connectivity index (χ1n) is 10.9. The standard InChI is InChI=1S/C23H29NO2/c1-22-7-5-14-13-4-3-12(24-25)9-15(13)16-10-17(16)20(14)21(22)18-11-19(18)23(22)6-2-8-26-23/h2,6,9,13-14,16-21,25H,3-5,7-8,10-11H2,1H3/b24-12+/t13-,14-,16-,17-,18-,19+,20+,21+,22+,23+/m1/s1. The summed E-state index contributed by atoms with van der Waals surface area (Å²) in [6, 6.07) is 0. The Morgan fingerprint density at radius 1 is 1.15 bits per heavy atom. The summed E-state index contributed by atoms with van der Waals surface area (Å²) in [4.78, 5) is 0. The lowest BCUT2D eigenvalue weighted by atomic mass is 9.49. The smallest absolute Gasteiger partial charge is 0.0954 e. The van der Waals surface area contributed by atoms with Gasteiger partial charge in [0.1, 0.15) is 0 Å². The molecule has 0 saturated heterocycles. The second-order valence-corrected chi connectivity index (χ2v) is 10.6. The Morgan fingerprint density at radius 3 is 2.88 bits per heavy atom. The third kappa shape index (κ3) is 1.49. The maximum absolute atomic E-state index is 9.25. The van der Waals surface area contributed by atoms with E-state index in [-0.39, 0.29) is 5.60 Å². The molecule has 0 aromatic rings. The summed E-state index contributed by atoms with van der Waals surface area (Å²) in [6.45, 7) is 3.43. The molecule has 26 heavy (non-hydrogen) atoms. The van der Waals surface area contributed by atoms with Gasteiger partial charge in [0.25, 0.3) is 0 Å². The van der Waals surface area contributed by atoms with E-state index in [0.29, 0.717) is 5.41 Å². The molecular formula is C23H29NO2. The highest BCUT2D eigenvalue weighted by Crippen LogP contribution is 2.80. The van der Waals surface area contributed by atoms with Crippen LogP contribution in [0.25, 0.3) is 0 Å². The molecule has 0 amide bonds. The zero-order valence-corrected chi connectivity index (χ0v) is 15.6. The normalized spacial score (nSPS) is 62.2. The maximum atomic E-state index is 9.25. The average molecular weight is 351 g/mol. The number of nitrogens with zero attached hydrogens (tertiary/aromatic N) is 1. The fraction of sp³-hybridized carbons (Fsp3) is 0.783.